The van der Waals surface area contributed by atoms with Crippen molar-refractivity contribution < 1.29 is 0 Å². The van der Waals surface area contributed by atoms with Gasteiger partial charge in [-0.2, -0.15) is 5.10 Å². The van der Waals surface area contributed by atoms with Crippen molar-refractivity contribution in [1.82, 2.24) is 20.4 Å². The number of nitrogens with zero attached hydrogens (tertiary/aromatic N) is 4. The molecule has 2 aromatic heterocycles. The first-order chi connectivity index (χ1) is 14.2. The van der Waals surface area contributed by atoms with Crippen LogP contribution in [0.2, 0.25) is 5.02 Å². The molecule has 3 aromatic rings. The van der Waals surface area contributed by atoms with Crippen molar-refractivity contribution in [2.24, 2.45) is 4.99 Å². The molecular formula is C21H26ClIN6S. The number of halogens is 2. The molecule has 9 heteroatoms. The molecule has 3 heterocycles. The molecular weight excluding hydrogens is 531 g/mol. The quantitative estimate of drug-likeness (QED) is 0.275. The van der Waals surface area contributed by atoms with E-state index < -0.39 is 0 Å². The summed E-state index contributed by atoms with van der Waals surface area (Å²) in [7, 11) is 1.81. The summed E-state index contributed by atoms with van der Waals surface area (Å²) in [5.41, 5.74) is 2.08. The van der Waals surface area contributed by atoms with Crippen molar-refractivity contribution in [3.05, 3.63) is 64.8 Å². The van der Waals surface area contributed by atoms with Crippen LogP contribution in [-0.2, 0) is 6.54 Å². The number of nitrogens with one attached hydrogen (secondary N) is 2. The second kappa shape index (κ2) is 11.0. The summed E-state index contributed by atoms with van der Waals surface area (Å²) in [5.74, 6) is 0.832. The van der Waals surface area contributed by atoms with E-state index in [0.717, 1.165) is 48.2 Å². The maximum absolute atomic E-state index is 5.96. The van der Waals surface area contributed by atoms with Gasteiger partial charge in [0.05, 0.1) is 16.9 Å². The van der Waals surface area contributed by atoms with E-state index in [1.807, 2.05) is 59.7 Å². The molecule has 0 radical (unpaired) electrons. The summed E-state index contributed by atoms with van der Waals surface area (Å²) in [6, 6.07) is 12.4. The van der Waals surface area contributed by atoms with Crippen LogP contribution in [0.1, 0.15) is 18.4 Å². The summed E-state index contributed by atoms with van der Waals surface area (Å²) in [6.45, 7) is 2.81. The minimum atomic E-state index is 0. The molecule has 0 unspecified atom stereocenters. The zero-order valence-corrected chi connectivity index (χ0v) is 20.7. The Morgan fingerprint density at radius 3 is 2.67 bits per heavy atom. The number of aliphatic imine (C=N–C) groups is 1. The molecule has 6 nitrogen and oxygen atoms in total. The van der Waals surface area contributed by atoms with Crippen LogP contribution in [0.25, 0.3) is 5.69 Å². The highest BCUT2D eigenvalue weighted by Crippen LogP contribution is 2.24. The molecule has 1 aromatic carbocycles. The van der Waals surface area contributed by atoms with E-state index in [1.165, 1.54) is 5.00 Å². The van der Waals surface area contributed by atoms with Crippen LogP contribution < -0.4 is 15.5 Å². The van der Waals surface area contributed by atoms with E-state index >= 15 is 0 Å². The molecule has 1 saturated heterocycles. The zero-order chi connectivity index (χ0) is 20.1. The average molecular weight is 557 g/mol. The van der Waals surface area contributed by atoms with Crippen LogP contribution in [-0.4, -0.2) is 41.9 Å². The number of hydrogen-bond acceptors (Lipinski definition) is 4. The topological polar surface area (TPSA) is 57.5 Å². The van der Waals surface area contributed by atoms with E-state index in [4.69, 9.17) is 11.6 Å². The molecule has 2 N–H and O–H groups in total. The highest BCUT2D eigenvalue weighted by Gasteiger charge is 2.20. The van der Waals surface area contributed by atoms with Gasteiger partial charge in [0, 0.05) is 49.5 Å². The fourth-order valence-electron chi connectivity index (χ4n) is 3.45. The highest BCUT2D eigenvalue weighted by molar-refractivity contribution is 14.0. The molecule has 1 fully saturated rings. The van der Waals surface area contributed by atoms with Crippen molar-refractivity contribution in [3.8, 4) is 5.69 Å². The number of hydrogen-bond donors (Lipinski definition) is 2. The van der Waals surface area contributed by atoms with E-state index in [1.54, 1.807) is 0 Å². The van der Waals surface area contributed by atoms with Crippen LogP contribution in [0, 0.1) is 0 Å². The first-order valence-electron chi connectivity index (χ1n) is 9.76. The molecule has 0 spiro atoms. The molecule has 1 aliphatic rings. The summed E-state index contributed by atoms with van der Waals surface area (Å²) in [6.07, 6.45) is 6.09. The number of aromatic nitrogens is 2. The fourth-order valence-corrected chi connectivity index (χ4v) is 4.37. The van der Waals surface area contributed by atoms with Gasteiger partial charge in [-0.25, -0.2) is 4.68 Å². The van der Waals surface area contributed by atoms with E-state index in [-0.39, 0.29) is 24.0 Å². The van der Waals surface area contributed by atoms with Crippen LogP contribution in [0.4, 0.5) is 5.00 Å². The van der Waals surface area contributed by atoms with Crippen LogP contribution in [0.3, 0.4) is 0 Å². The molecule has 160 valence electrons. The van der Waals surface area contributed by atoms with Gasteiger partial charge < -0.3 is 15.5 Å². The standard InChI is InChI=1S/C21H25ClN6S.HI/c1-23-21(26-18-8-10-27(11-9-18)20-3-2-12-29-20)24-13-16-14-25-28(15-16)19-6-4-17(22)5-7-19;/h2-7,12,14-15,18H,8-11,13H2,1H3,(H2,23,24,26);1H. The molecule has 0 amide bonds. The maximum atomic E-state index is 5.96. The van der Waals surface area contributed by atoms with Gasteiger partial charge in [-0.05, 0) is 54.6 Å². The third-order valence-corrected chi connectivity index (χ3v) is 6.25. The first-order valence-corrected chi connectivity index (χ1v) is 11.0. The average Bonchev–Trinajstić information content (AvgIpc) is 3.44. The van der Waals surface area contributed by atoms with Crippen molar-refractivity contribution in [2.75, 3.05) is 25.0 Å². The van der Waals surface area contributed by atoms with Crippen LogP contribution >= 0.6 is 46.9 Å². The zero-order valence-electron chi connectivity index (χ0n) is 16.8. The number of rotatable bonds is 5. The van der Waals surface area contributed by atoms with Gasteiger partial charge in [0.25, 0.3) is 0 Å². The molecule has 4 rings (SSSR count). The van der Waals surface area contributed by atoms with Crippen molar-refractivity contribution >= 4 is 57.9 Å². The van der Waals surface area contributed by atoms with Gasteiger partial charge in [0.2, 0.25) is 0 Å². The number of anilines is 1. The molecule has 0 bridgehead atoms. The smallest absolute Gasteiger partial charge is 0.191 e. The van der Waals surface area contributed by atoms with Gasteiger partial charge in [-0.3, -0.25) is 4.99 Å². The van der Waals surface area contributed by atoms with Crippen molar-refractivity contribution in [2.45, 2.75) is 25.4 Å². The lowest BCUT2D eigenvalue weighted by Gasteiger charge is -2.33. The van der Waals surface area contributed by atoms with Crippen molar-refractivity contribution in [1.29, 1.82) is 0 Å². The fraction of sp³-hybridized carbons (Fsp3) is 0.333. The maximum Gasteiger partial charge on any atom is 0.191 e. The molecule has 0 aliphatic carbocycles. The number of guanidine groups is 1. The monoisotopic (exact) mass is 556 g/mol. The Kier molecular flexibility index (Phi) is 8.41. The largest absolute Gasteiger partial charge is 0.363 e. The normalized spacial score (nSPS) is 15.0. The third-order valence-electron chi connectivity index (χ3n) is 5.06. The Labute approximate surface area is 203 Å². The Morgan fingerprint density at radius 2 is 2.00 bits per heavy atom. The Balaban J connectivity index is 0.00000256. The van der Waals surface area contributed by atoms with Gasteiger partial charge in [-0.15, -0.1) is 35.3 Å². The minimum absolute atomic E-state index is 0. The second-order valence-corrected chi connectivity index (χ2v) is 8.41. The van der Waals surface area contributed by atoms with Crippen LogP contribution in [0.5, 0.6) is 0 Å². The highest BCUT2D eigenvalue weighted by atomic mass is 127. The molecule has 1 aliphatic heterocycles. The second-order valence-electron chi connectivity index (χ2n) is 7.05. The van der Waals surface area contributed by atoms with E-state index in [2.05, 4.69) is 43.1 Å². The van der Waals surface area contributed by atoms with Crippen molar-refractivity contribution in [3.63, 3.8) is 0 Å². The minimum Gasteiger partial charge on any atom is -0.363 e. The van der Waals surface area contributed by atoms with E-state index in [0.29, 0.717) is 12.6 Å². The predicted octanol–water partition coefficient (Wildman–Crippen LogP) is 4.54. The van der Waals surface area contributed by atoms with Gasteiger partial charge in [0.1, 0.15) is 0 Å². The Bertz CT molecular complexity index is 933. The predicted molar refractivity (Wildman–Crippen MR) is 137 cm³/mol. The SMILES string of the molecule is CN=C(NCc1cnn(-c2ccc(Cl)cc2)c1)NC1CCN(c2cccs2)CC1.I. The summed E-state index contributed by atoms with van der Waals surface area (Å²) < 4.78 is 1.85. The van der Waals surface area contributed by atoms with E-state index in [9.17, 15) is 0 Å². The number of benzene rings is 1. The van der Waals surface area contributed by atoms with Gasteiger partial charge in [-0.1, -0.05) is 11.6 Å². The lowest BCUT2D eigenvalue weighted by molar-refractivity contribution is 0.463. The van der Waals surface area contributed by atoms with Gasteiger partial charge >= 0.3 is 0 Å². The number of thiophene rings is 1. The van der Waals surface area contributed by atoms with Crippen LogP contribution in [0.15, 0.2) is 59.2 Å². The first kappa shape index (κ1) is 22.9. The molecule has 0 atom stereocenters. The summed E-state index contributed by atoms with van der Waals surface area (Å²) in [5, 5.41) is 15.6. The van der Waals surface area contributed by atoms with Gasteiger partial charge in [0.15, 0.2) is 5.96 Å². The summed E-state index contributed by atoms with van der Waals surface area (Å²) in [4.78, 5) is 6.84. The molecule has 0 saturated carbocycles. The third kappa shape index (κ3) is 5.89. The lowest BCUT2D eigenvalue weighted by Crippen LogP contribution is -2.48. The summed E-state index contributed by atoms with van der Waals surface area (Å²) >= 11 is 7.77. The Hall–Kier alpha value is -1.78. The lowest BCUT2D eigenvalue weighted by atomic mass is 10.1. The molecule has 30 heavy (non-hydrogen) atoms. The Morgan fingerprint density at radius 1 is 1.23 bits per heavy atom. The number of piperidine rings is 1.